The molecule has 1 fully saturated rings. The molecule has 2 aromatic rings. The number of nitrogens with zero attached hydrogens (tertiary/aromatic N) is 1. The zero-order chi connectivity index (χ0) is 15.0. The third kappa shape index (κ3) is 2.35. The van der Waals surface area contributed by atoms with Crippen LogP contribution >= 0.6 is 0 Å². The molecule has 0 bridgehead atoms. The first-order valence-corrected chi connectivity index (χ1v) is 7.98. The molecule has 1 spiro atoms. The minimum Gasteiger partial charge on any atom is -0.364 e. The number of hydrogen-bond acceptors (Lipinski definition) is 3. The summed E-state index contributed by atoms with van der Waals surface area (Å²) in [6, 6.07) is 18.7. The van der Waals surface area contributed by atoms with Gasteiger partial charge in [-0.15, -0.1) is 0 Å². The second kappa shape index (κ2) is 5.51. The number of ether oxygens (including phenoxy) is 1. The number of rotatable bonds is 2. The zero-order valence-corrected chi connectivity index (χ0v) is 12.6. The summed E-state index contributed by atoms with van der Waals surface area (Å²) in [4.78, 5) is 2.47. The monoisotopic (exact) mass is 295 g/mol. The van der Waals surface area contributed by atoms with E-state index in [2.05, 4.69) is 41.3 Å². The van der Waals surface area contributed by atoms with Gasteiger partial charge in [0.05, 0.1) is 5.60 Å². The highest BCUT2D eigenvalue weighted by Gasteiger charge is 2.45. The normalized spacial score (nSPS) is 23.6. The maximum atomic E-state index is 10.2. The van der Waals surface area contributed by atoms with Gasteiger partial charge in [0.15, 0.2) is 6.29 Å². The second-order valence-corrected chi connectivity index (χ2v) is 6.31. The number of benzene rings is 2. The lowest BCUT2D eigenvalue weighted by molar-refractivity contribution is -0.189. The van der Waals surface area contributed by atoms with E-state index in [9.17, 15) is 5.11 Å². The summed E-state index contributed by atoms with van der Waals surface area (Å²) in [5.41, 5.74) is 3.19. The summed E-state index contributed by atoms with van der Waals surface area (Å²) >= 11 is 0. The minimum absolute atomic E-state index is 0.288. The van der Waals surface area contributed by atoms with E-state index in [1.54, 1.807) is 0 Å². The molecule has 0 aliphatic carbocycles. The van der Waals surface area contributed by atoms with Crippen LogP contribution in [0.25, 0.3) is 0 Å². The van der Waals surface area contributed by atoms with Crippen LogP contribution in [0.15, 0.2) is 54.6 Å². The van der Waals surface area contributed by atoms with Crippen molar-refractivity contribution in [3.63, 3.8) is 0 Å². The lowest BCUT2D eigenvalue weighted by Crippen LogP contribution is -2.42. The van der Waals surface area contributed by atoms with Crippen LogP contribution in [0.2, 0.25) is 0 Å². The summed E-state index contributed by atoms with van der Waals surface area (Å²) in [5, 5.41) is 10.2. The number of aliphatic hydroxyl groups excluding tert-OH is 1. The summed E-state index contributed by atoms with van der Waals surface area (Å²) < 4.78 is 5.99. The van der Waals surface area contributed by atoms with Gasteiger partial charge in [0.25, 0.3) is 0 Å². The van der Waals surface area contributed by atoms with E-state index in [0.29, 0.717) is 0 Å². The van der Waals surface area contributed by atoms with E-state index in [0.717, 1.165) is 38.0 Å². The van der Waals surface area contributed by atoms with Crippen molar-refractivity contribution < 1.29 is 9.84 Å². The Labute approximate surface area is 131 Å². The Balaban J connectivity index is 1.48. The van der Waals surface area contributed by atoms with Gasteiger partial charge in [-0.05, 0) is 24.0 Å². The Morgan fingerprint density at radius 1 is 1.00 bits per heavy atom. The molecule has 3 heteroatoms. The van der Waals surface area contributed by atoms with E-state index < -0.39 is 6.29 Å². The minimum atomic E-state index is -0.767. The number of piperidine rings is 1. The van der Waals surface area contributed by atoms with Gasteiger partial charge in [0.2, 0.25) is 0 Å². The molecule has 1 N–H and O–H groups in total. The number of likely N-dealkylation sites (tertiary alicyclic amines) is 1. The predicted molar refractivity (Wildman–Crippen MR) is 85.1 cm³/mol. The van der Waals surface area contributed by atoms with Gasteiger partial charge in [-0.2, -0.15) is 0 Å². The summed E-state index contributed by atoms with van der Waals surface area (Å²) in [6.07, 6.45) is 1.11. The fraction of sp³-hybridized carbons (Fsp3) is 0.368. The van der Waals surface area contributed by atoms with Crippen LogP contribution in [-0.2, 0) is 16.9 Å². The van der Waals surface area contributed by atoms with E-state index in [1.165, 1.54) is 11.1 Å². The zero-order valence-electron chi connectivity index (χ0n) is 12.6. The Kier molecular flexibility index (Phi) is 3.49. The van der Waals surface area contributed by atoms with Gasteiger partial charge in [-0.25, -0.2) is 0 Å². The van der Waals surface area contributed by atoms with Crippen LogP contribution in [0, 0.1) is 0 Å². The van der Waals surface area contributed by atoms with Gasteiger partial charge < -0.3 is 9.84 Å². The van der Waals surface area contributed by atoms with Crippen molar-refractivity contribution in [2.24, 2.45) is 0 Å². The van der Waals surface area contributed by atoms with Crippen molar-refractivity contribution >= 4 is 0 Å². The van der Waals surface area contributed by atoms with Crippen LogP contribution < -0.4 is 0 Å². The number of fused-ring (bicyclic) bond motifs is 2. The number of aliphatic hydroxyl groups is 1. The van der Waals surface area contributed by atoms with E-state index in [4.69, 9.17) is 4.74 Å². The molecule has 1 atom stereocenters. The predicted octanol–water partition coefficient (Wildman–Crippen LogP) is 3.20. The van der Waals surface area contributed by atoms with E-state index in [1.807, 2.05) is 18.2 Å². The Bertz CT molecular complexity index is 647. The molecule has 22 heavy (non-hydrogen) atoms. The Hall–Kier alpha value is -1.68. The lowest BCUT2D eigenvalue weighted by Gasteiger charge is -2.39. The number of hydrogen-bond donors (Lipinski definition) is 1. The van der Waals surface area contributed by atoms with Crippen LogP contribution in [0.1, 0.15) is 35.8 Å². The summed E-state index contributed by atoms with van der Waals surface area (Å²) in [7, 11) is 0. The molecule has 0 unspecified atom stereocenters. The molecular weight excluding hydrogens is 274 g/mol. The lowest BCUT2D eigenvalue weighted by atomic mass is 9.83. The molecule has 3 nitrogen and oxygen atoms in total. The van der Waals surface area contributed by atoms with Crippen molar-refractivity contribution in [1.82, 2.24) is 4.90 Å². The Morgan fingerprint density at radius 2 is 1.68 bits per heavy atom. The van der Waals surface area contributed by atoms with Gasteiger partial charge in [-0.3, -0.25) is 4.90 Å². The largest absolute Gasteiger partial charge is 0.364 e. The highest BCUT2D eigenvalue weighted by Crippen LogP contribution is 2.48. The van der Waals surface area contributed by atoms with Crippen molar-refractivity contribution in [3.8, 4) is 0 Å². The molecule has 2 aromatic carbocycles. The van der Waals surface area contributed by atoms with Crippen LogP contribution in [0.4, 0.5) is 0 Å². The first-order chi connectivity index (χ1) is 10.8. The topological polar surface area (TPSA) is 32.7 Å². The molecule has 0 aromatic heterocycles. The third-order valence-electron chi connectivity index (χ3n) is 4.97. The molecule has 1 saturated heterocycles. The molecule has 114 valence electrons. The molecule has 0 amide bonds. The van der Waals surface area contributed by atoms with Crippen LogP contribution in [0.3, 0.4) is 0 Å². The van der Waals surface area contributed by atoms with Gasteiger partial charge in [0.1, 0.15) is 0 Å². The van der Waals surface area contributed by atoms with Crippen molar-refractivity contribution in [3.05, 3.63) is 71.3 Å². The highest BCUT2D eigenvalue weighted by molar-refractivity contribution is 5.37. The first kappa shape index (κ1) is 13.9. The molecule has 0 saturated carbocycles. The summed E-state index contributed by atoms with van der Waals surface area (Å²) in [6.45, 7) is 2.98. The van der Waals surface area contributed by atoms with Crippen LogP contribution in [0.5, 0.6) is 0 Å². The van der Waals surface area contributed by atoms with E-state index >= 15 is 0 Å². The second-order valence-electron chi connectivity index (χ2n) is 6.31. The molecule has 2 aliphatic rings. The molecule has 2 aliphatic heterocycles. The standard InChI is InChI=1S/C19H21NO2/c21-18-16-8-4-5-9-17(16)19(22-18)10-12-20(13-11-19)14-15-6-2-1-3-7-15/h1-9,18,21H,10-14H2/t18-/m0/s1. The smallest absolute Gasteiger partial charge is 0.182 e. The van der Waals surface area contributed by atoms with Crippen molar-refractivity contribution in [2.75, 3.05) is 13.1 Å². The maximum absolute atomic E-state index is 10.2. The van der Waals surface area contributed by atoms with Gasteiger partial charge in [-0.1, -0.05) is 54.6 Å². The maximum Gasteiger partial charge on any atom is 0.182 e. The van der Waals surface area contributed by atoms with Crippen LogP contribution in [-0.4, -0.2) is 23.1 Å². The SMILES string of the molecule is O[C@H]1OC2(CCN(Cc3ccccc3)CC2)c2ccccc21. The quantitative estimate of drug-likeness (QED) is 0.923. The van der Waals surface area contributed by atoms with Gasteiger partial charge in [0, 0.05) is 25.2 Å². The molecular formula is C19H21NO2. The highest BCUT2D eigenvalue weighted by atomic mass is 16.6. The summed E-state index contributed by atoms with van der Waals surface area (Å²) in [5.74, 6) is 0. The fourth-order valence-electron chi connectivity index (χ4n) is 3.77. The molecule has 0 radical (unpaired) electrons. The molecule has 2 heterocycles. The first-order valence-electron chi connectivity index (χ1n) is 7.98. The average Bonchev–Trinajstić information content (AvgIpc) is 2.84. The average molecular weight is 295 g/mol. The fourth-order valence-corrected chi connectivity index (χ4v) is 3.77. The third-order valence-corrected chi connectivity index (χ3v) is 4.97. The van der Waals surface area contributed by atoms with Crippen molar-refractivity contribution in [1.29, 1.82) is 0 Å². The Morgan fingerprint density at radius 3 is 2.45 bits per heavy atom. The van der Waals surface area contributed by atoms with Gasteiger partial charge >= 0.3 is 0 Å². The van der Waals surface area contributed by atoms with E-state index in [-0.39, 0.29) is 5.60 Å². The van der Waals surface area contributed by atoms with Crippen molar-refractivity contribution in [2.45, 2.75) is 31.3 Å². The molecule has 4 rings (SSSR count).